The SMILES string of the molecule is CCC(CCC#N)=NOC(C)=O. The molecule has 0 saturated carbocycles. The van der Waals surface area contributed by atoms with Gasteiger partial charge in [-0.1, -0.05) is 12.1 Å². The van der Waals surface area contributed by atoms with Crippen molar-refractivity contribution < 1.29 is 9.63 Å². The minimum Gasteiger partial charge on any atom is -0.319 e. The fourth-order valence-corrected chi connectivity index (χ4v) is 0.616. The van der Waals surface area contributed by atoms with E-state index in [9.17, 15) is 4.79 Å². The van der Waals surface area contributed by atoms with Gasteiger partial charge in [0.25, 0.3) is 0 Å². The van der Waals surface area contributed by atoms with Gasteiger partial charge < -0.3 is 4.84 Å². The highest BCUT2D eigenvalue weighted by Crippen LogP contribution is 1.97. The summed E-state index contributed by atoms with van der Waals surface area (Å²) in [5, 5.41) is 11.9. The Balaban J connectivity index is 3.88. The molecule has 66 valence electrons. The number of rotatable bonds is 4. The summed E-state index contributed by atoms with van der Waals surface area (Å²) in [4.78, 5) is 14.8. The van der Waals surface area contributed by atoms with Crippen molar-refractivity contribution >= 4 is 11.7 Å². The standard InChI is InChI=1S/C8H12N2O2/c1-3-8(5-4-6-9)10-12-7(2)11/h3-5H2,1-2H3. The maximum atomic E-state index is 10.3. The number of carbonyl (C=O) groups excluding carboxylic acids is 1. The number of carbonyl (C=O) groups is 1. The summed E-state index contributed by atoms with van der Waals surface area (Å²) in [5.74, 6) is -0.432. The van der Waals surface area contributed by atoms with Gasteiger partial charge in [-0.05, 0) is 6.42 Å². The van der Waals surface area contributed by atoms with Crippen LogP contribution in [-0.4, -0.2) is 11.7 Å². The molecule has 0 spiro atoms. The third-order valence-electron chi connectivity index (χ3n) is 1.24. The van der Waals surface area contributed by atoms with Crippen molar-refractivity contribution in [3.05, 3.63) is 0 Å². The van der Waals surface area contributed by atoms with E-state index in [0.29, 0.717) is 19.3 Å². The molecule has 0 aliphatic rings. The molecule has 0 aliphatic heterocycles. The van der Waals surface area contributed by atoms with Crippen LogP contribution in [0, 0.1) is 11.3 Å². The van der Waals surface area contributed by atoms with Crippen molar-refractivity contribution in [3.63, 3.8) is 0 Å². The summed E-state index contributed by atoms with van der Waals surface area (Å²) in [7, 11) is 0. The normalized spacial score (nSPS) is 10.6. The van der Waals surface area contributed by atoms with Crippen LogP contribution in [0.2, 0.25) is 0 Å². The maximum absolute atomic E-state index is 10.3. The Bertz CT molecular complexity index is 216. The van der Waals surface area contributed by atoms with Crippen LogP contribution in [0.25, 0.3) is 0 Å². The zero-order valence-corrected chi connectivity index (χ0v) is 7.33. The first-order valence-corrected chi connectivity index (χ1v) is 3.81. The summed E-state index contributed by atoms with van der Waals surface area (Å²) in [6.07, 6.45) is 1.68. The molecular weight excluding hydrogens is 156 g/mol. The summed E-state index contributed by atoms with van der Waals surface area (Å²) in [6.45, 7) is 3.20. The molecule has 0 aliphatic carbocycles. The second-order valence-electron chi connectivity index (χ2n) is 2.25. The van der Waals surface area contributed by atoms with Gasteiger partial charge in [-0.15, -0.1) is 0 Å². The van der Waals surface area contributed by atoms with Crippen molar-refractivity contribution in [3.8, 4) is 6.07 Å². The smallest absolute Gasteiger partial charge is 0.319 e. The molecule has 0 aromatic heterocycles. The van der Waals surface area contributed by atoms with Crippen LogP contribution in [0.4, 0.5) is 0 Å². The summed E-state index contributed by atoms with van der Waals surface area (Å²) < 4.78 is 0. The highest BCUT2D eigenvalue weighted by atomic mass is 16.7. The van der Waals surface area contributed by atoms with E-state index in [1.54, 1.807) is 0 Å². The van der Waals surface area contributed by atoms with Crippen molar-refractivity contribution in [1.29, 1.82) is 5.26 Å². The molecule has 4 nitrogen and oxygen atoms in total. The maximum Gasteiger partial charge on any atom is 0.331 e. The molecule has 0 saturated heterocycles. The average molecular weight is 168 g/mol. The van der Waals surface area contributed by atoms with E-state index in [1.807, 2.05) is 13.0 Å². The fourth-order valence-electron chi connectivity index (χ4n) is 0.616. The molecule has 0 unspecified atom stereocenters. The monoisotopic (exact) mass is 168 g/mol. The molecule has 0 radical (unpaired) electrons. The molecule has 0 rings (SSSR count). The molecule has 0 bridgehead atoms. The highest BCUT2D eigenvalue weighted by Gasteiger charge is 1.97. The lowest BCUT2D eigenvalue weighted by Gasteiger charge is -1.97. The van der Waals surface area contributed by atoms with Gasteiger partial charge in [-0.3, -0.25) is 0 Å². The van der Waals surface area contributed by atoms with Gasteiger partial charge in [0.05, 0.1) is 11.8 Å². The number of oxime groups is 1. The van der Waals surface area contributed by atoms with Crippen LogP contribution in [0.1, 0.15) is 33.1 Å². The minimum atomic E-state index is -0.432. The number of hydrogen-bond acceptors (Lipinski definition) is 4. The predicted molar refractivity (Wildman–Crippen MR) is 44.3 cm³/mol. The predicted octanol–water partition coefficient (Wildman–Crippen LogP) is 1.62. The van der Waals surface area contributed by atoms with E-state index < -0.39 is 5.97 Å². The Hall–Kier alpha value is -1.37. The molecule has 0 amide bonds. The second kappa shape index (κ2) is 6.35. The van der Waals surface area contributed by atoms with Crippen molar-refractivity contribution in [1.82, 2.24) is 0 Å². The van der Waals surface area contributed by atoms with E-state index >= 15 is 0 Å². The summed E-state index contributed by atoms with van der Waals surface area (Å²) >= 11 is 0. The van der Waals surface area contributed by atoms with Gasteiger partial charge in [0, 0.05) is 19.8 Å². The fraction of sp³-hybridized carbons (Fsp3) is 0.625. The van der Waals surface area contributed by atoms with Gasteiger partial charge in [-0.25, -0.2) is 4.79 Å². The summed E-state index contributed by atoms with van der Waals surface area (Å²) in [5.41, 5.74) is 0.742. The molecule has 0 N–H and O–H groups in total. The molecule has 12 heavy (non-hydrogen) atoms. The molecule has 0 aromatic carbocycles. The van der Waals surface area contributed by atoms with Crippen LogP contribution in [0.5, 0.6) is 0 Å². The summed E-state index contributed by atoms with van der Waals surface area (Å²) in [6, 6.07) is 2.00. The van der Waals surface area contributed by atoms with E-state index in [2.05, 4.69) is 9.99 Å². The minimum absolute atomic E-state index is 0.411. The van der Waals surface area contributed by atoms with E-state index in [1.165, 1.54) is 6.92 Å². The first kappa shape index (κ1) is 10.6. The van der Waals surface area contributed by atoms with Crippen LogP contribution in [-0.2, 0) is 9.63 Å². The van der Waals surface area contributed by atoms with Crippen molar-refractivity contribution in [2.24, 2.45) is 5.16 Å². The molecule has 0 atom stereocenters. The lowest BCUT2D eigenvalue weighted by molar-refractivity contribution is -0.140. The lowest BCUT2D eigenvalue weighted by atomic mass is 10.2. The Labute approximate surface area is 71.8 Å². The number of hydrogen-bond donors (Lipinski definition) is 0. The van der Waals surface area contributed by atoms with Crippen LogP contribution in [0.3, 0.4) is 0 Å². The van der Waals surface area contributed by atoms with E-state index in [4.69, 9.17) is 5.26 Å². The third kappa shape index (κ3) is 5.42. The van der Waals surface area contributed by atoms with Gasteiger partial charge in [0.1, 0.15) is 0 Å². The van der Waals surface area contributed by atoms with Crippen LogP contribution >= 0.6 is 0 Å². The Morgan fingerprint density at radius 2 is 2.33 bits per heavy atom. The van der Waals surface area contributed by atoms with Crippen LogP contribution in [0.15, 0.2) is 5.16 Å². The molecule has 0 heterocycles. The Kier molecular flexibility index (Phi) is 5.62. The molecule has 0 fully saturated rings. The third-order valence-corrected chi connectivity index (χ3v) is 1.24. The number of nitrogens with zero attached hydrogens (tertiary/aromatic N) is 2. The van der Waals surface area contributed by atoms with Crippen molar-refractivity contribution in [2.75, 3.05) is 0 Å². The molecule has 4 heteroatoms. The first-order valence-electron chi connectivity index (χ1n) is 3.81. The van der Waals surface area contributed by atoms with Gasteiger partial charge in [0.2, 0.25) is 0 Å². The topological polar surface area (TPSA) is 62.4 Å². The second-order valence-corrected chi connectivity index (χ2v) is 2.25. The van der Waals surface area contributed by atoms with Crippen molar-refractivity contribution in [2.45, 2.75) is 33.1 Å². The zero-order chi connectivity index (χ0) is 9.40. The molecule has 0 aromatic rings. The van der Waals surface area contributed by atoms with Crippen LogP contribution < -0.4 is 0 Å². The average Bonchev–Trinajstić information content (AvgIpc) is 2.05. The van der Waals surface area contributed by atoms with Gasteiger partial charge in [-0.2, -0.15) is 5.26 Å². The molecular formula is C8H12N2O2. The zero-order valence-electron chi connectivity index (χ0n) is 7.33. The van der Waals surface area contributed by atoms with E-state index in [-0.39, 0.29) is 0 Å². The van der Waals surface area contributed by atoms with Gasteiger partial charge >= 0.3 is 5.97 Å². The number of nitriles is 1. The Morgan fingerprint density at radius 3 is 2.75 bits per heavy atom. The quantitative estimate of drug-likeness (QED) is 0.364. The first-order chi connectivity index (χ1) is 5.70. The van der Waals surface area contributed by atoms with E-state index in [0.717, 1.165) is 5.71 Å². The lowest BCUT2D eigenvalue weighted by Crippen LogP contribution is -2.00. The van der Waals surface area contributed by atoms with Gasteiger partial charge in [0.15, 0.2) is 0 Å². The highest BCUT2D eigenvalue weighted by molar-refractivity contribution is 5.84. The Morgan fingerprint density at radius 1 is 1.67 bits per heavy atom. The largest absolute Gasteiger partial charge is 0.331 e.